The van der Waals surface area contributed by atoms with Crippen LogP contribution in [0.3, 0.4) is 0 Å². The number of hydrogen-bond donors (Lipinski definition) is 1. The van der Waals surface area contributed by atoms with Crippen molar-refractivity contribution in [3.8, 4) is 0 Å². The Bertz CT molecular complexity index is 608. The van der Waals surface area contributed by atoms with Crippen LogP contribution in [0.25, 0.3) is 0 Å². The largest absolute Gasteiger partial charge is 0.353 e. The number of carbonyl (C=O) groups excluding carboxylic acids is 2. The van der Waals surface area contributed by atoms with Crippen LogP contribution in [-0.2, 0) is 16.0 Å². The molecule has 130 valence electrons. The summed E-state index contributed by atoms with van der Waals surface area (Å²) in [5.74, 6) is -0.143. The second kappa shape index (κ2) is 7.34. The smallest absolute Gasteiger partial charge is 0.227 e. The first-order chi connectivity index (χ1) is 11.6. The van der Waals surface area contributed by atoms with Crippen LogP contribution in [0.2, 0.25) is 0 Å². The fraction of sp³-hybridized carbons (Fsp3) is 0.579. The minimum absolute atomic E-state index is 0.0365. The Balaban J connectivity index is 1.63. The number of para-hydroxylation sites is 1. The van der Waals surface area contributed by atoms with Crippen molar-refractivity contribution in [2.24, 2.45) is 5.92 Å². The van der Waals surface area contributed by atoms with E-state index in [1.54, 1.807) is 4.90 Å². The number of amides is 2. The highest BCUT2D eigenvalue weighted by Gasteiger charge is 2.36. The predicted molar refractivity (Wildman–Crippen MR) is 94.9 cm³/mol. The molecule has 2 aliphatic heterocycles. The molecule has 2 heterocycles. The molecule has 1 N–H and O–H groups in total. The topological polar surface area (TPSA) is 52.7 Å². The van der Waals surface area contributed by atoms with Crippen LogP contribution in [0.5, 0.6) is 0 Å². The summed E-state index contributed by atoms with van der Waals surface area (Å²) in [6.07, 6.45) is 3.18. The molecule has 0 radical (unpaired) electrons. The number of likely N-dealkylation sites (tertiary alicyclic amines) is 1. The molecule has 2 saturated heterocycles. The molecule has 0 bridgehead atoms. The van der Waals surface area contributed by atoms with Gasteiger partial charge in [0.2, 0.25) is 11.8 Å². The molecule has 3 rings (SSSR count). The first kappa shape index (κ1) is 17.0. The molecular formula is C19H27N3O2. The molecule has 1 aromatic carbocycles. The third kappa shape index (κ3) is 3.61. The summed E-state index contributed by atoms with van der Waals surface area (Å²) in [6, 6.07) is 8.23. The maximum Gasteiger partial charge on any atom is 0.227 e. The quantitative estimate of drug-likeness (QED) is 0.917. The summed E-state index contributed by atoms with van der Waals surface area (Å²) in [6.45, 7) is 4.62. The van der Waals surface area contributed by atoms with Gasteiger partial charge >= 0.3 is 0 Å². The van der Waals surface area contributed by atoms with E-state index in [9.17, 15) is 9.59 Å². The third-order valence-electron chi connectivity index (χ3n) is 5.22. The van der Waals surface area contributed by atoms with Gasteiger partial charge in [-0.2, -0.15) is 0 Å². The first-order valence-corrected chi connectivity index (χ1v) is 8.95. The van der Waals surface area contributed by atoms with E-state index in [2.05, 4.69) is 30.3 Å². The van der Waals surface area contributed by atoms with Gasteiger partial charge in [-0.05, 0) is 51.0 Å². The van der Waals surface area contributed by atoms with Crippen LogP contribution in [0, 0.1) is 5.92 Å². The Hall–Kier alpha value is -1.88. The number of rotatable bonds is 4. The number of nitrogens with zero attached hydrogens (tertiary/aromatic N) is 2. The number of piperidine rings is 1. The second-order valence-electron chi connectivity index (χ2n) is 6.97. The zero-order chi connectivity index (χ0) is 17.1. The third-order valence-corrected chi connectivity index (χ3v) is 5.22. The summed E-state index contributed by atoms with van der Waals surface area (Å²) >= 11 is 0. The lowest BCUT2D eigenvalue weighted by atomic mass is 10.0. The molecule has 0 spiro atoms. The van der Waals surface area contributed by atoms with Crippen molar-refractivity contribution in [2.45, 2.75) is 38.6 Å². The van der Waals surface area contributed by atoms with Crippen LogP contribution < -0.4 is 10.2 Å². The molecule has 5 nitrogen and oxygen atoms in total. The number of benzene rings is 1. The number of carbonyl (C=O) groups is 2. The van der Waals surface area contributed by atoms with E-state index in [-0.39, 0.29) is 23.8 Å². The van der Waals surface area contributed by atoms with Crippen LogP contribution in [0.4, 0.5) is 5.69 Å². The van der Waals surface area contributed by atoms with Crippen molar-refractivity contribution >= 4 is 17.5 Å². The normalized spacial score (nSPS) is 22.8. The van der Waals surface area contributed by atoms with Gasteiger partial charge in [0.15, 0.2) is 0 Å². The molecule has 5 heteroatoms. The minimum atomic E-state index is -0.234. The van der Waals surface area contributed by atoms with Crippen molar-refractivity contribution in [1.82, 2.24) is 10.2 Å². The van der Waals surface area contributed by atoms with Gasteiger partial charge in [-0.1, -0.05) is 25.1 Å². The molecular weight excluding hydrogens is 302 g/mol. The lowest BCUT2D eigenvalue weighted by Gasteiger charge is -2.30. The molecule has 0 aromatic heterocycles. The average molecular weight is 329 g/mol. The van der Waals surface area contributed by atoms with Crippen molar-refractivity contribution in [1.29, 1.82) is 0 Å². The Kier molecular flexibility index (Phi) is 5.19. The minimum Gasteiger partial charge on any atom is -0.353 e. The number of nitrogens with one attached hydrogen (secondary N) is 1. The molecule has 2 aliphatic rings. The summed E-state index contributed by atoms with van der Waals surface area (Å²) in [5, 5.41) is 3.16. The molecule has 1 atom stereocenters. The Morgan fingerprint density at radius 1 is 1.25 bits per heavy atom. The molecule has 2 fully saturated rings. The molecule has 0 aliphatic carbocycles. The van der Waals surface area contributed by atoms with E-state index in [0.717, 1.165) is 43.6 Å². The zero-order valence-electron chi connectivity index (χ0n) is 14.6. The lowest BCUT2D eigenvalue weighted by molar-refractivity contribution is -0.127. The highest BCUT2D eigenvalue weighted by atomic mass is 16.2. The number of hydrogen-bond acceptors (Lipinski definition) is 3. The van der Waals surface area contributed by atoms with Gasteiger partial charge in [0.05, 0.1) is 5.92 Å². The fourth-order valence-corrected chi connectivity index (χ4v) is 3.66. The molecule has 2 amide bonds. The van der Waals surface area contributed by atoms with E-state index in [1.165, 1.54) is 0 Å². The number of aryl methyl sites for hydroxylation is 1. The van der Waals surface area contributed by atoms with Gasteiger partial charge in [-0.3, -0.25) is 9.59 Å². The standard InChI is InChI=1S/C19H27N3O2/c1-3-14-6-4-5-7-17(14)22-13-15(12-18(22)23)19(24)20-16-8-10-21(2)11-9-16/h4-7,15-16H,3,8-13H2,1-2H3,(H,20,24). The monoisotopic (exact) mass is 329 g/mol. The Morgan fingerprint density at radius 2 is 1.96 bits per heavy atom. The summed E-state index contributed by atoms with van der Waals surface area (Å²) in [4.78, 5) is 29.1. The van der Waals surface area contributed by atoms with E-state index >= 15 is 0 Å². The maximum absolute atomic E-state index is 12.6. The molecule has 1 aromatic rings. The van der Waals surface area contributed by atoms with Gasteiger partial charge in [-0.25, -0.2) is 0 Å². The average Bonchev–Trinajstić information content (AvgIpc) is 2.98. The van der Waals surface area contributed by atoms with Gasteiger partial charge in [-0.15, -0.1) is 0 Å². The lowest BCUT2D eigenvalue weighted by Crippen LogP contribution is -2.45. The van der Waals surface area contributed by atoms with Crippen LogP contribution in [0.15, 0.2) is 24.3 Å². The highest BCUT2D eigenvalue weighted by Crippen LogP contribution is 2.28. The van der Waals surface area contributed by atoms with Crippen molar-refractivity contribution in [3.63, 3.8) is 0 Å². The second-order valence-corrected chi connectivity index (χ2v) is 6.97. The van der Waals surface area contributed by atoms with Gasteiger partial charge in [0.25, 0.3) is 0 Å². The molecule has 24 heavy (non-hydrogen) atoms. The molecule has 1 unspecified atom stereocenters. The highest BCUT2D eigenvalue weighted by molar-refractivity contribution is 6.00. The van der Waals surface area contributed by atoms with E-state index in [1.807, 2.05) is 18.2 Å². The van der Waals surface area contributed by atoms with Crippen molar-refractivity contribution in [2.75, 3.05) is 31.6 Å². The van der Waals surface area contributed by atoms with Crippen LogP contribution in [-0.4, -0.2) is 49.4 Å². The van der Waals surface area contributed by atoms with Crippen molar-refractivity contribution in [3.05, 3.63) is 29.8 Å². The van der Waals surface area contributed by atoms with Crippen LogP contribution in [0.1, 0.15) is 31.7 Å². The summed E-state index contributed by atoms with van der Waals surface area (Å²) < 4.78 is 0. The first-order valence-electron chi connectivity index (χ1n) is 8.95. The zero-order valence-corrected chi connectivity index (χ0v) is 14.6. The number of anilines is 1. The Morgan fingerprint density at radius 3 is 2.67 bits per heavy atom. The Labute approximate surface area is 144 Å². The summed E-state index contributed by atoms with van der Waals surface area (Å²) in [5.41, 5.74) is 2.11. The van der Waals surface area contributed by atoms with E-state index in [4.69, 9.17) is 0 Å². The summed E-state index contributed by atoms with van der Waals surface area (Å²) in [7, 11) is 2.11. The van der Waals surface area contributed by atoms with Gasteiger partial charge < -0.3 is 15.1 Å². The van der Waals surface area contributed by atoms with Gasteiger partial charge in [0, 0.05) is 24.7 Å². The van der Waals surface area contributed by atoms with Gasteiger partial charge in [0.1, 0.15) is 0 Å². The SMILES string of the molecule is CCc1ccccc1N1CC(C(=O)NC2CCN(C)CC2)CC1=O. The molecule has 0 saturated carbocycles. The predicted octanol–water partition coefficient (Wildman–Crippen LogP) is 1.81. The van der Waals surface area contributed by atoms with E-state index < -0.39 is 0 Å². The van der Waals surface area contributed by atoms with Crippen LogP contribution >= 0.6 is 0 Å². The fourth-order valence-electron chi connectivity index (χ4n) is 3.66. The van der Waals surface area contributed by atoms with E-state index in [0.29, 0.717) is 13.0 Å². The maximum atomic E-state index is 12.6. The van der Waals surface area contributed by atoms with Crippen molar-refractivity contribution < 1.29 is 9.59 Å².